The quantitative estimate of drug-likeness (QED) is 0.157. The summed E-state index contributed by atoms with van der Waals surface area (Å²) in [5, 5.41) is 0. The van der Waals surface area contributed by atoms with Crippen LogP contribution < -0.4 is 0 Å². The van der Waals surface area contributed by atoms with Crippen molar-refractivity contribution in [3.8, 4) is 0 Å². The van der Waals surface area contributed by atoms with Crippen LogP contribution in [0.15, 0.2) is 92.6 Å². The molecule has 4 aliphatic heterocycles. The third-order valence-electron chi connectivity index (χ3n) is 7.96. The molecule has 0 N–H and O–H groups in total. The average Bonchev–Trinajstić information content (AvgIpc) is 3.85. The first-order valence-corrected chi connectivity index (χ1v) is 17.4. The molecule has 1 aromatic rings. The minimum atomic E-state index is 0.995. The fraction of sp³-hybridized carbons (Fsp3) is 0.579. The molecule has 258 valence electrons. The Morgan fingerprint density at radius 2 is 0.957 bits per heavy atom. The van der Waals surface area contributed by atoms with Gasteiger partial charge in [0.15, 0.2) is 0 Å². The highest BCUT2D eigenvalue weighted by Gasteiger charge is 2.09. The zero-order valence-corrected chi connectivity index (χ0v) is 30.2. The number of hydrogen-bond acceptors (Lipinski definition) is 8. The molecule has 0 radical (unpaired) electrons. The highest BCUT2D eigenvalue weighted by molar-refractivity contribution is 5.15. The molecule has 0 unspecified atom stereocenters. The maximum atomic E-state index is 3.71. The van der Waals surface area contributed by atoms with E-state index in [-0.39, 0.29) is 0 Å². The van der Waals surface area contributed by atoms with Crippen molar-refractivity contribution in [1.29, 1.82) is 0 Å². The maximum Gasteiger partial charge on any atom is 0.0894 e. The van der Waals surface area contributed by atoms with E-state index >= 15 is 0 Å². The van der Waals surface area contributed by atoms with Crippen LogP contribution in [0.2, 0.25) is 0 Å². The molecule has 1 aromatic carbocycles. The van der Waals surface area contributed by atoms with E-state index in [4.69, 9.17) is 0 Å². The number of hydrogen-bond donors (Lipinski definition) is 0. The van der Waals surface area contributed by atoms with Crippen LogP contribution >= 0.6 is 0 Å². The summed E-state index contributed by atoms with van der Waals surface area (Å²) in [6, 6.07) is 10.5. The van der Waals surface area contributed by atoms with Gasteiger partial charge in [0.2, 0.25) is 0 Å². The third kappa shape index (κ3) is 18.3. The third-order valence-corrected chi connectivity index (χ3v) is 7.96. The second-order valence-corrected chi connectivity index (χ2v) is 13.0. The Labute approximate surface area is 283 Å². The average molecular weight is 635 g/mol. The Kier molecular flexibility index (Phi) is 19.8. The van der Waals surface area contributed by atoms with E-state index in [1.54, 1.807) is 0 Å². The summed E-state index contributed by atoms with van der Waals surface area (Å²) in [7, 11) is 10.4. The molecular weight excluding hydrogens is 568 g/mol. The first kappa shape index (κ1) is 38.5. The van der Waals surface area contributed by atoms with Gasteiger partial charge in [-0.1, -0.05) is 75.4 Å². The van der Waals surface area contributed by atoms with Crippen molar-refractivity contribution in [2.75, 3.05) is 75.0 Å². The maximum absolute atomic E-state index is 3.71. The lowest BCUT2D eigenvalue weighted by Crippen LogP contribution is -2.23. The van der Waals surface area contributed by atoms with Crippen molar-refractivity contribution < 1.29 is 0 Å². The molecule has 0 spiro atoms. The first-order chi connectivity index (χ1) is 22.3. The lowest BCUT2D eigenvalue weighted by atomic mass is 10.1. The topological polar surface area (TPSA) is 25.9 Å². The van der Waals surface area contributed by atoms with Gasteiger partial charge in [0, 0.05) is 104 Å². The van der Waals surface area contributed by atoms with Crippen LogP contribution in [0.25, 0.3) is 0 Å². The van der Waals surface area contributed by atoms with E-state index in [2.05, 4.69) is 168 Å². The normalized spacial score (nSPS) is 16.1. The van der Waals surface area contributed by atoms with Crippen molar-refractivity contribution in [1.82, 2.24) is 39.2 Å². The van der Waals surface area contributed by atoms with Gasteiger partial charge in [-0.25, -0.2) is 0 Å². The molecule has 0 saturated heterocycles. The number of allylic oxidation sites excluding steroid dienone is 1. The highest BCUT2D eigenvalue weighted by atomic mass is 15.3. The molecule has 0 aliphatic carbocycles. The van der Waals surface area contributed by atoms with Crippen LogP contribution in [0.1, 0.15) is 70.3 Å². The van der Waals surface area contributed by atoms with Gasteiger partial charge < -0.3 is 39.2 Å². The molecule has 0 amide bonds. The van der Waals surface area contributed by atoms with Gasteiger partial charge in [-0.2, -0.15) is 0 Å². The molecule has 0 saturated carbocycles. The zero-order valence-electron chi connectivity index (χ0n) is 30.2. The highest BCUT2D eigenvalue weighted by Crippen LogP contribution is 2.11. The summed E-state index contributed by atoms with van der Waals surface area (Å²) in [5.41, 5.74) is 1.36. The predicted molar refractivity (Wildman–Crippen MR) is 198 cm³/mol. The van der Waals surface area contributed by atoms with E-state index in [0.717, 1.165) is 39.6 Å². The molecule has 5 rings (SSSR count). The fourth-order valence-corrected chi connectivity index (χ4v) is 5.35. The minimum absolute atomic E-state index is 0.995. The lowest BCUT2D eigenvalue weighted by Gasteiger charge is -2.17. The molecule has 8 nitrogen and oxygen atoms in total. The zero-order chi connectivity index (χ0) is 33.4. The van der Waals surface area contributed by atoms with Crippen LogP contribution in [0.4, 0.5) is 0 Å². The second kappa shape index (κ2) is 23.6. The van der Waals surface area contributed by atoms with Crippen molar-refractivity contribution in [3.63, 3.8) is 0 Å². The summed E-state index contributed by atoms with van der Waals surface area (Å²) in [6.45, 7) is 13.5. The van der Waals surface area contributed by atoms with Crippen molar-refractivity contribution >= 4 is 0 Å². The summed E-state index contributed by atoms with van der Waals surface area (Å²) in [5.74, 6) is 0. The lowest BCUT2D eigenvalue weighted by molar-refractivity contribution is 0.290. The van der Waals surface area contributed by atoms with Gasteiger partial charge in [0.05, 0.1) is 26.7 Å². The van der Waals surface area contributed by atoms with E-state index in [1.807, 2.05) is 6.08 Å². The SMILES string of the molecule is C=CCCCCN1C=CN(C)C1.CCCCCCCCN1C=CN(C)C1.CN1C=CN(C)C1.CN1C=CN(Cc2ccccc2)C1. The Hall–Kier alpha value is -3.68. The smallest absolute Gasteiger partial charge is 0.0894 e. The Morgan fingerprint density at radius 1 is 0.522 bits per heavy atom. The first-order valence-electron chi connectivity index (χ1n) is 17.4. The van der Waals surface area contributed by atoms with Gasteiger partial charge in [0.1, 0.15) is 0 Å². The summed E-state index contributed by atoms with van der Waals surface area (Å²) in [6.07, 6.45) is 31.0. The molecule has 4 heterocycles. The summed E-state index contributed by atoms with van der Waals surface area (Å²) in [4.78, 5) is 17.8. The Balaban J connectivity index is 0.000000218. The second-order valence-electron chi connectivity index (χ2n) is 13.0. The summed E-state index contributed by atoms with van der Waals surface area (Å²) < 4.78 is 0. The predicted octanol–water partition coefficient (Wildman–Crippen LogP) is 7.20. The van der Waals surface area contributed by atoms with Crippen LogP contribution in [-0.4, -0.2) is 114 Å². The standard InChI is InChI=1S/C12H24N2.C11H14N2.C10H18N2.C5H10N2/c1-3-4-5-6-7-8-9-14-11-10-13(2)12-14;1-12-7-8-13(10-12)9-11-5-3-2-4-6-11;1-3-4-5-6-7-12-9-8-11(2)10-12;1-6-3-4-7(2)5-6/h10-11H,3-9,12H2,1-2H3;2-8H,9-10H2,1H3;3,8-9H,1,4-7,10H2,2H3;3-4H,5H2,1-2H3. The van der Waals surface area contributed by atoms with E-state index < -0.39 is 0 Å². The van der Waals surface area contributed by atoms with E-state index in [1.165, 1.54) is 70.0 Å². The monoisotopic (exact) mass is 635 g/mol. The number of nitrogens with zero attached hydrogens (tertiary/aromatic N) is 8. The Morgan fingerprint density at radius 3 is 1.39 bits per heavy atom. The molecule has 4 aliphatic rings. The number of unbranched alkanes of at least 4 members (excludes halogenated alkanes) is 7. The largest absolute Gasteiger partial charge is 0.362 e. The van der Waals surface area contributed by atoms with E-state index in [9.17, 15) is 0 Å². The molecular formula is C38H66N8. The van der Waals surface area contributed by atoms with Gasteiger partial charge in [0.25, 0.3) is 0 Å². The van der Waals surface area contributed by atoms with Crippen LogP contribution in [-0.2, 0) is 6.54 Å². The number of rotatable bonds is 14. The molecule has 0 bridgehead atoms. The summed E-state index contributed by atoms with van der Waals surface area (Å²) >= 11 is 0. The van der Waals surface area contributed by atoms with Gasteiger partial charge >= 0.3 is 0 Å². The van der Waals surface area contributed by atoms with Gasteiger partial charge in [-0.3, -0.25) is 0 Å². The molecule has 0 aromatic heterocycles. The van der Waals surface area contributed by atoms with Crippen LogP contribution in [0.3, 0.4) is 0 Å². The minimum Gasteiger partial charge on any atom is -0.362 e. The van der Waals surface area contributed by atoms with Gasteiger partial charge in [-0.05, 0) is 31.2 Å². The van der Waals surface area contributed by atoms with Crippen LogP contribution in [0.5, 0.6) is 0 Å². The molecule has 46 heavy (non-hydrogen) atoms. The van der Waals surface area contributed by atoms with Crippen molar-refractivity contribution in [3.05, 3.63) is 98.1 Å². The van der Waals surface area contributed by atoms with E-state index in [0.29, 0.717) is 0 Å². The molecule has 0 atom stereocenters. The van der Waals surface area contributed by atoms with Gasteiger partial charge in [-0.15, -0.1) is 6.58 Å². The Bertz CT molecular complexity index is 1010. The van der Waals surface area contributed by atoms with Crippen molar-refractivity contribution in [2.24, 2.45) is 0 Å². The van der Waals surface area contributed by atoms with Crippen LogP contribution in [0, 0.1) is 0 Å². The number of benzene rings is 1. The van der Waals surface area contributed by atoms with Crippen molar-refractivity contribution in [2.45, 2.75) is 71.3 Å². The molecule has 8 heteroatoms. The molecule has 0 fully saturated rings. The fourth-order valence-electron chi connectivity index (χ4n) is 5.35.